The van der Waals surface area contributed by atoms with E-state index in [1.54, 1.807) is 6.20 Å². The van der Waals surface area contributed by atoms with Crippen molar-refractivity contribution in [2.45, 2.75) is 23.8 Å². The molecule has 2 atom stereocenters. The molecule has 1 N–H and O–H groups in total. The summed E-state index contributed by atoms with van der Waals surface area (Å²) in [6.07, 6.45) is 4.65. The van der Waals surface area contributed by atoms with Gasteiger partial charge in [-0.3, -0.25) is 19.5 Å². The summed E-state index contributed by atoms with van der Waals surface area (Å²) in [6, 6.07) is 5.62. The monoisotopic (exact) mass is 587 g/mol. The number of fused-ring (bicyclic) bond motifs is 1. The zero-order valence-corrected chi connectivity index (χ0v) is 22.9. The second-order valence-electron chi connectivity index (χ2n) is 8.43. The van der Waals surface area contributed by atoms with Gasteiger partial charge < -0.3 is 4.42 Å². The minimum atomic E-state index is -3.75. The lowest BCUT2D eigenvalue weighted by atomic mass is 10.2. The van der Waals surface area contributed by atoms with E-state index in [0.717, 1.165) is 44.9 Å². The number of rotatable bonds is 7. The molecule has 5 heterocycles. The van der Waals surface area contributed by atoms with Crippen LogP contribution >= 0.6 is 34.4 Å². The summed E-state index contributed by atoms with van der Waals surface area (Å²) in [4.78, 5) is 36.8. The van der Waals surface area contributed by atoms with Gasteiger partial charge in [-0.25, -0.2) is 23.4 Å². The molecule has 12 nitrogen and oxygen atoms in total. The number of carbonyl (C=O) groups is 2. The van der Waals surface area contributed by atoms with Crippen molar-refractivity contribution >= 4 is 65.6 Å². The number of aromatic nitrogens is 6. The zero-order chi connectivity index (χ0) is 26.6. The molecule has 2 unspecified atom stereocenters. The number of nitrogens with one attached hydrogen (secondary N) is 1. The molecule has 5 aromatic rings. The highest BCUT2D eigenvalue weighted by molar-refractivity contribution is 8.15. The quantitative estimate of drug-likeness (QED) is 0.297. The van der Waals surface area contributed by atoms with E-state index in [4.69, 9.17) is 9.40 Å². The molecule has 16 heteroatoms. The first-order valence-electron chi connectivity index (χ1n) is 11.0. The minimum Gasteiger partial charge on any atom is -0.423 e. The highest BCUT2D eigenvalue weighted by Crippen LogP contribution is 2.37. The van der Waals surface area contributed by atoms with Gasteiger partial charge in [-0.2, -0.15) is 0 Å². The molecule has 4 aromatic heterocycles. The first-order valence-corrected chi connectivity index (χ1v) is 15.6. The van der Waals surface area contributed by atoms with Crippen LogP contribution in [0.25, 0.3) is 26.6 Å². The Balaban J connectivity index is 1.31. The average molecular weight is 588 g/mol. The highest BCUT2D eigenvalue weighted by atomic mass is 32.2. The molecular weight excluding hydrogens is 571 g/mol. The maximum absolute atomic E-state index is 12.8. The van der Waals surface area contributed by atoms with Gasteiger partial charge in [-0.15, -0.1) is 32.9 Å². The molecule has 194 valence electrons. The van der Waals surface area contributed by atoms with Crippen molar-refractivity contribution in [3.63, 3.8) is 0 Å². The Morgan fingerprint density at radius 1 is 1.21 bits per heavy atom. The number of sulfone groups is 1. The van der Waals surface area contributed by atoms with E-state index < -0.39 is 31.5 Å². The van der Waals surface area contributed by atoms with Gasteiger partial charge in [0.25, 0.3) is 5.24 Å². The van der Waals surface area contributed by atoms with Gasteiger partial charge >= 0.3 is 0 Å². The van der Waals surface area contributed by atoms with E-state index in [1.807, 2.05) is 41.3 Å². The lowest BCUT2D eigenvalue weighted by Gasteiger charge is -2.07. The number of benzene rings is 1. The molecule has 0 bridgehead atoms. The second-order valence-corrected chi connectivity index (χ2v) is 13.6. The van der Waals surface area contributed by atoms with Crippen LogP contribution in [0.3, 0.4) is 0 Å². The Labute approximate surface area is 227 Å². The molecule has 0 saturated carbocycles. The predicted octanol–water partition coefficient (Wildman–Crippen LogP) is 3.33. The molecule has 0 aliphatic carbocycles. The molecule has 1 fully saturated rings. The normalized spacial score (nSPS) is 16.8. The Bertz CT molecular complexity index is 1820. The lowest BCUT2D eigenvalue weighted by Crippen LogP contribution is -2.25. The van der Waals surface area contributed by atoms with Crippen molar-refractivity contribution in [2.24, 2.45) is 0 Å². The molecule has 1 aromatic carbocycles. The third kappa shape index (κ3) is 4.63. The molecule has 1 aliphatic heterocycles. The minimum absolute atomic E-state index is 0.00313. The van der Waals surface area contributed by atoms with Gasteiger partial charge in [0.1, 0.15) is 16.1 Å². The average Bonchev–Trinajstić information content (AvgIpc) is 3.66. The molecule has 0 spiro atoms. The first-order chi connectivity index (χ1) is 18.2. The summed E-state index contributed by atoms with van der Waals surface area (Å²) in [6.45, 7) is 1.90. The van der Waals surface area contributed by atoms with Crippen LogP contribution in [-0.2, 0) is 21.1 Å². The first kappa shape index (κ1) is 24.8. The molecular formula is C22H17N7O5S4. The molecule has 2 amide bonds. The Hall–Kier alpha value is -3.47. The Morgan fingerprint density at radius 3 is 2.76 bits per heavy atom. The van der Waals surface area contributed by atoms with E-state index in [2.05, 4.69) is 25.5 Å². The summed E-state index contributed by atoms with van der Waals surface area (Å²) < 4.78 is 33.9. The van der Waals surface area contributed by atoms with Crippen molar-refractivity contribution in [1.29, 1.82) is 0 Å². The smallest absolute Gasteiger partial charge is 0.286 e. The van der Waals surface area contributed by atoms with E-state index in [1.165, 1.54) is 22.7 Å². The number of carbonyl (C=O) groups excluding carboxylic acids is 2. The number of imide groups is 1. The summed E-state index contributed by atoms with van der Waals surface area (Å²) in [7, 11) is -3.75. The summed E-state index contributed by atoms with van der Waals surface area (Å²) in [5.74, 6) is 0.306. The number of thiazole rings is 2. The fraction of sp³-hybridized carbons (Fsp3) is 0.227. The van der Waals surface area contributed by atoms with Crippen molar-refractivity contribution in [1.82, 2.24) is 35.0 Å². The second kappa shape index (κ2) is 9.37. The SMILES string of the molecule is Cc1nccn1-c1nc(-c2ccc3nc(C(c4nnc(CC5SC(=O)NC5=O)o4)S(C)(=O)=O)sc3c2)cs1. The third-order valence-electron chi connectivity index (χ3n) is 5.71. The topological polar surface area (TPSA) is 163 Å². The van der Waals surface area contributed by atoms with Crippen LogP contribution in [0.2, 0.25) is 0 Å². The van der Waals surface area contributed by atoms with Crippen LogP contribution in [0.15, 0.2) is 40.4 Å². The van der Waals surface area contributed by atoms with Crippen LogP contribution in [0.5, 0.6) is 0 Å². The fourth-order valence-electron chi connectivity index (χ4n) is 3.91. The van der Waals surface area contributed by atoms with Gasteiger partial charge in [-0.05, 0) is 19.1 Å². The number of hydrogen-bond donors (Lipinski definition) is 1. The van der Waals surface area contributed by atoms with E-state index in [-0.39, 0.29) is 23.2 Å². The third-order valence-corrected chi connectivity index (χ3v) is 10.0. The highest BCUT2D eigenvalue weighted by Gasteiger charge is 2.36. The largest absolute Gasteiger partial charge is 0.423 e. The number of thioether (sulfide) groups is 1. The molecule has 1 aliphatic rings. The maximum Gasteiger partial charge on any atom is 0.286 e. The Morgan fingerprint density at radius 2 is 2.05 bits per heavy atom. The number of imidazole rings is 1. The summed E-state index contributed by atoms with van der Waals surface area (Å²) in [5.41, 5.74) is 2.27. The summed E-state index contributed by atoms with van der Waals surface area (Å²) >= 11 is 3.54. The molecule has 0 radical (unpaired) electrons. The van der Waals surface area contributed by atoms with Crippen LogP contribution in [0.1, 0.15) is 27.9 Å². The number of amides is 2. The van der Waals surface area contributed by atoms with E-state index in [9.17, 15) is 18.0 Å². The zero-order valence-electron chi connectivity index (χ0n) is 19.7. The lowest BCUT2D eigenvalue weighted by molar-refractivity contribution is -0.119. The van der Waals surface area contributed by atoms with Gasteiger partial charge in [0.15, 0.2) is 20.2 Å². The Kier molecular flexibility index (Phi) is 6.13. The van der Waals surface area contributed by atoms with Crippen molar-refractivity contribution in [3.05, 3.63) is 58.6 Å². The van der Waals surface area contributed by atoms with Crippen molar-refractivity contribution in [3.8, 4) is 16.4 Å². The van der Waals surface area contributed by atoms with E-state index >= 15 is 0 Å². The van der Waals surface area contributed by atoms with Crippen LogP contribution in [0.4, 0.5) is 4.79 Å². The van der Waals surface area contributed by atoms with Crippen LogP contribution in [0, 0.1) is 6.92 Å². The molecule has 1 saturated heterocycles. The molecule has 6 rings (SSSR count). The van der Waals surface area contributed by atoms with Gasteiger partial charge in [-0.1, -0.05) is 17.8 Å². The van der Waals surface area contributed by atoms with Crippen LogP contribution in [-0.4, -0.2) is 60.8 Å². The fourth-order valence-corrected chi connectivity index (χ4v) is 8.12. The number of aryl methyl sites for hydroxylation is 1. The van der Waals surface area contributed by atoms with Gasteiger partial charge in [0.2, 0.25) is 17.7 Å². The van der Waals surface area contributed by atoms with Crippen molar-refractivity contribution in [2.75, 3.05) is 6.26 Å². The standard InChI is InChI=1S/C22H17N7O5S4/c1-10-23-5-6-29(10)21-25-13(9-35-21)11-3-4-12-14(7-11)36-20(24-12)17(38(2,32)33)19-28-27-16(34-19)8-15-18(30)26-22(31)37-15/h3-7,9,15,17H,8H2,1-2H3,(H,26,30,31). The molecule has 38 heavy (non-hydrogen) atoms. The van der Waals surface area contributed by atoms with Gasteiger partial charge in [0.05, 0.1) is 15.9 Å². The number of nitrogens with zero attached hydrogens (tertiary/aromatic N) is 6. The maximum atomic E-state index is 12.8. The van der Waals surface area contributed by atoms with Crippen molar-refractivity contribution < 1.29 is 22.4 Å². The number of hydrogen-bond acceptors (Lipinski definition) is 13. The van der Waals surface area contributed by atoms with Gasteiger partial charge in [0, 0.05) is 36.0 Å². The van der Waals surface area contributed by atoms with E-state index in [0.29, 0.717) is 5.52 Å². The predicted molar refractivity (Wildman–Crippen MR) is 142 cm³/mol. The summed E-state index contributed by atoms with van der Waals surface area (Å²) in [5, 5.41) is 10.6. The van der Waals surface area contributed by atoms with Crippen LogP contribution < -0.4 is 5.32 Å².